The number of hydrogen-bond acceptors (Lipinski definition) is 9. The van der Waals surface area contributed by atoms with Crippen LogP contribution in [-0.4, -0.2) is 95.3 Å². The Morgan fingerprint density at radius 1 is 1.09 bits per heavy atom. The number of fused-ring (bicyclic) bond motifs is 1. The molecule has 0 unspecified atom stereocenters. The van der Waals surface area contributed by atoms with E-state index in [1.165, 1.54) is 38.5 Å². The lowest BCUT2D eigenvalue weighted by Gasteiger charge is -2.44. The number of allylic oxidation sites excluding steroid dienone is 3. The molecule has 3 saturated carbocycles. The van der Waals surface area contributed by atoms with Gasteiger partial charge in [-0.3, -0.25) is 0 Å². The highest BCUT2D eigenvalue weighted by Gasteiger charge is 2.50. The van der Waals surface area contributed by atoms with E-state index in [0.29, 0.717) is 30.1 Å². The molecule has 11 atom stereocenters. The monoisotopic (exact) mass is 610 g/mol. The third-order valence-electron chi connectivity index (χ3n) is 10.3. The largest absolute Gasteiger partial charge is 0.479 e. The highest BCUT2D eigenvalue weighted by atomic mass is 16.6. The molecule has 8 N–H and O–H groups in total. The fourth-order valence-electron chi connectivity index (χ4n) is 7.80. The van der Waals surface area contributed by atoms with E-state index in [9.17, 15) is 20.1 Å². The summed E-state index contributed by atoms with van der Waals surface area (Å²) in [5.74, 6) is 0.589. The molecule has 0 radical (unpaired) electrons. The van der Waals surface area contributed by atoms with Crippen LogP contribution in [0.1, 0.15) is 91.9 Å². The molecule has 4 aliphatic rings. The molecule has 10 heteroatoms. The van der Waals surface area contributed by atoms with E-state index in [1.807, 2.05) is 13.8 Å². The van der Waals surface area contributed by atoms with Crippen LogP contribution in [0.25, 0.3) is 0 Å². The third-order valence-corrected chi connectivity index (χ3v) is 10.3. The first-order valence-corrected chi connectivity index (χ1v) is 15.7. The van der Waals surface area contributed by atoms with E-state index in [1.54, 1.807) is 5.57 Å². The lowest BCUT2D eigenvalue weighted by molar-refractivity contribution is -0.279. The van der Waals surface area contributed by atoms with Gasteiger partial charge in [0, 0.05) is 6.42 Å². The van der Waals surface area contributed by atoms with Crippen molar-refractivity contribution in [2.24, 2.45) is 23.2 Å². The number of rotatable bonds is 7. The molecule has 246 valence electrons. The van der Waals surface area contributed by atoms with Crippen molar-refractivity contribution in [3.8, 4) is 0 Å². The Hall–Kier alpha value is -1.63. The molecule has 0 aromatic carbocycles. The Bertz CT molecular complexity index is 1030. The van der Waals surface area contributed by atoms with Crippen LogP contribution < -0.4 is 0 Å². The maximum Gasteiger partial charge on any atom is 0.335 e. The van der Waals surface area contributed by atoms with Crippen molar-refractivity contribution >= 4 is 5.97 Å². The van der Waals surface area contributed by atoms with Gasteiger partial charge in [-0.15, -0.1) is 0 Å². The third kappa shape index (κ3) is 8.76. The maximum atomic E-state index is 10.4. The van der Waals surface area contributed by atoms with E-state index in [4.69, 9.17) is 25.5 Å². The van der Waals surface area contributed by atoms with Crippen LogP contribution >= 0.6 is 0 Å². The van der Waals surface area contributed by atoms with Gasteiger partial charge in [0.05, 0.1) is 17.8 Å². The summed E-state index contributed by atoms with van der Waals surface area (Å²) < 4.78 is 4.34. The standard InChI is InChI=1S/C27H44O3.C6H10O7/c1-18(8-6-14-26(3,4)30)23-12-13-24-20(9-7-15-27(23,24)5)10-11-21-16-22(28)17-25(29)19(21)2;7-1-2(8)4(5(10)11)13-6(12)3(1)9/h10-11,18,22-25,28-30H,2,6-9,12-17H2,1,3-5H3;1-4,6-9,12H,(H,10,11)/b20-10+,21-11+;/t18-,22-,23-,24+,25+,27-;1-,2-,3+,4-,6+/m10/s1. The molecular formula is C33H54O10. The molecule has 0 spiro atoms. The van der Waals surface area contributed by atoms with Crippen molar-refractivity contribution in [3.63, 3.8) is 0 Å². The predicted octanol–water partition coefficient (Wildman–Crippen LogP) is 2.58. The van der Waals surface area contributed by atoms with Crippen molar-refractivity contribution in [1.82, 2.24) is 0 Å². The van der Waals surface area contributed by atoms with E-state index < -0.39 is 54.5 Å². The smallest absolute Gasteiger partial charge is 0.335 e. The van der Waals surface area contributed by atoms with Gasteiger partial charge < -0.3 is 45.6 Å². The molecule has 1 heterocycles. The summed E-state index contributed by atoms with van der Waals surface area (Å²) in [6, 6.07) is 0. The lowest BCUT2D eigenvalue weighted by Crippen LogP contribution is -2.59. The fraction of sp³-hybridized carbons (Fsp3) is 0.788. The molecular weight excluding hydrogens is 556 g/mol. The highest BCUT2D eigenvalue weighted by molar-refractivity contribution is 5.73. The van der Waals surface area contributed by atoms with Crippen LogP contribution in [0.4, 0.5) is 0 Å². The average Bonchev–Trinajstić information content (AvgIpc) is 3.27. The zero-order chi connectivity index (χ0) is 32.3. The van der Waals surface area contributed by atoms with Gasteiger partial charge in [-0.2, -0.15) is 0 Å². The summed E-state index contributed by atoms with van der Waals surface area (Å²) in [5.41, 5.74) is 3.17. The summed E-state index contributed by atoms with van der Waals surface area (Å²) in [4.78, 5) is 10.4. The van der Waals surface area contributed by atoms with Crippen LogP contribution in [0, 0.1) is 23.2 Å². The van der Waals surface area contributed by atoms with Gasteiger partial charge in [0.1, 0.15) is 18.3 Å². The summed E-state index contributed by atoms with van der Waals surface area (Å²) >= 11 is 0. The molecule has 3 aliphatic carbocycles. The molecule has 1 aliphatic heterocycles. The van der Waals surface area contributed by atoms with Crippen LogP contribution in [-0.2, 0) is 9.53 Å². The molecule has 0 amide bonds. The first-order valence-electron chi connectivity index (χ1n) is 15.7. The summed E-state index contributed by atoms with van der Waals surface area (Å²) in [6.45, 7) is 12.8. The van der Waals surface area contributed by atoms with Crippen LogP contribution in [0.5, 0.6) is 0 Å². The van der Waals surface area contributed by atoms with Crippen molar-refractivity contribution < 1.29 is 50.4 Å². The average molecular weight is 611 g/mol. The number of aliphatic hydroxyl groups is 7. The van der Waals surface area contributed by atoms with Crippen molar-refractivity contribution in [1.29, 1.82) is 0 Å². The number of aliphatic hydroxyl groups excluding tert-OH is 6. The van der Waals surface area contributed by atoms with Crippen LogP contribution in [0.2, 0.25) is 0 Å². The SMILES string of the molecule is C=C1/C(=C/C=C2\CCC[C@]3(C)[C@@H]([C@H](C)CCCC(C)(C)O)CC[C@@H]23)C[C@@H](O)C[C@@H]1O.O=C(O)[C@H]1O[C@@H](O)[C@H](O)[C@@H](O)[C@@H]1O. The van der Waals surface area contributed by atoms with Gasteiger partial charge >= 0.3 is 5.97 Å². The highest BCUT2D eigenvalue weighted by Crippen LogP contribution is 2.60. The van der Waals surface area contributed by atoms with Gasteiger partial charge in [-0.05, 0) is 93.1 Å². The number of carbonyl (C=O) groups is 1. The zero-order valence-corrected chi connectivity index (χ0v) is 26.1. The maximum absolute atomic E-state index is 10.4. The second kappa shape index (κ2) is 14.6. The Morgan fingerprint density at radius 3 is 2.40 bits per heavy atom. The molecule has 0 aromatic rings. The Balaban J connectivity index is 0.000000326. The quantitative estimate of drug-likeness (QED) is 0.213. The van der Waals surface area contributed by atoms with Gasteiger partial charge in [0.25, 0.3) is 0 Å². The minimum Gasteiger partial charge on any atom is -0.479 e. The number of hydrogen-bond donors (Lipinski definition) is 8. The predicted molar refractivity (Wildman–Crippen MR) is 161 cm³/mol. The summed E-state index contributed by atoms with van der Waals surface area (Å²) in [7, 11) is 0. The van der Waals surface area contributed by atoms with Gasteiger partial charge in [0.15, 0.2) is 12.4 Å². The normalized spacial score (nSPS) is 41.0. The van der Waals surface area contributed by atoms with Crippen molar-refractivity contribution in [3.05, 3.63) is 35.5 Å². The van der Waals surface area contributed by atoms with Crippen LogP contribution in [0.15, 0.2) is 35.5 Å². The summed E-state index contributed by atoms with van der Waals surface area (Å²) in [6.07, 6.45) is 5.14. The molecule has 43 heavy (non-hydrogen) atoms. The zero-order valence-electron chi connectivity index (χ0n) is 26.1. The van der Waals surface area contributed by atoms with E-state index in [-0.39, 0.29) is 0 Å². The second-order valence-corrected chi connectivity index (χ2v) is 14.1. The van der Waals surface area contributed by atoms with E-state index in [0.717, 1.165) is 29.9 Å². The number of aliphatic carboxylic acids is 1. The number of carboxylic acid groups (broad SMARTS) is 1. The van der Waals surface area contributed by atoms with E-state index >= 15 is 0 Å². The van der Waals surface area contributed by atoms with Gasteiger partial charge in [-0.1, -0.05) is 51.0 Å². The lowest BCUT2D eigenvalue weighted by atomic mass is 9.60. The summed E-state index contributed by atoms with van der Waals surface area (Å²) in [5, 5.41) is 74.6. The second-order valence-electron chi connectivity index (χ2n) is 14.1. The molecule has 4 rings (SSSR count). The fourth-order valence-corrected chi connectivity index (χ4v) is 7.80. The molecule has 4 fully saturated rings. The Labute approximate surface area is 255 Å². The Morgan fingerprint density at radius 2 is 1.77 bits per heavy atom. The molecule has 1 saturated heterocycles. The van der Waals surface area contributed by atoms with Crippen molar-refractivity contribution in [2.75, 3.05) is 0 Å². The Kier molecular flexibility index (Phi) is 12.2. The van der Waals surface area contributed by atoms with Gasteiger partial charge in [0.2, 0.25) is 0 Å². The number of ether oxygens (including phenoxy) is 1. The van der Waals surface area contributed by atoms with Gasteiger partial charge in [-0.25, -0.2) is 4.79 Å². The molecule has 10 nitrogen and oxygen atoms in total. The molecule has 0 aromatic heterocycles. The first-order chi connectivity index (χ1) is 20.0. The number of carboxylic acids is 1. The van der Waals surface area contributed by atoms with Crippen molar-refractivity contribution in [2.45, 2.75) is 140 Å². The minimum atomic E-state index is -1.81. The minimum absolute atomic E-state index is 0.374. The first kappa shape index (κ1) is 35.8. The van der Waals surface area contributed by atoms with E-state index in [2.05, 4.69) is 37.3 Å². The van der Waals surface area contributed by atoms with Crippen LogP contribution in [0.3, 0.4) is 0 Å². The topological polar surface area (TPSA) is 188 Å². The molecule has 0 bridgehead atoms.